The first kappa shape index (κ1) is 17.0. The number of pyridine rings is 2. The summed E-state index contributed by atoms with van der Waals surface area (Å²) in [4.78, 5) is 26.1. The minimum atomic E-state index is -1.27. The van der Waals surface area contributed by atoms with E-state index in [-0.39, 0.29) is 11.5 Å². The molecule has 7 heteroatoms. The third-order valence-corrected chi connectivity index (χ3v) is 5.60. The van der Waals surface area contributed by atoms with Gasteiger partial charge in [-0.25, -0.2) is 9.18 Å². The number of carbonyl (C=O) groups is 1. The lowest BCUT2D eigenvalue weighted by atomic mass is 10.0. The van der Waals surface area contributed by atoms with Crippen LogP contribution in [0, 0.1) is 12.7 Å². The van der Waals surface area contributed by atoms with Crippen molar-refractivity contribution in [2.45, 2.75) is 38.1 Å². The van der Waals surface area contributed by atoms with Crippen molar-refractivity contribution < 1.29 is 14.3 Å². The van der Waals surface area contributed by atoms with Gasteiger partial charge in [0.1, 0.15) is 5.56 Å². The average Bonchev–Trinajstić information content (AvgIpc) is 3.33. The first-order valence-corrected chi connectivity index (χ1v) is 8.96. The number of aryl methyl sites for hydroxylation is 1. The van der Waals surface area contributed by atoms with E-state index in [0.29, 0.717) is 29.4 Å². The van der Waals surface area contributed by atoms with Crippen molar-refractivity contribution in [1.82, 2.24) is 9.72 Å². The third kappa shape index (κ3) is 2.58. The fourth-order valence-electron chi connectivity index (χ4n) is 4.09. The van der Waals surface area contributed by atoms with Gasteiger partial charge in [-0.15, -0.1) is 0 Å². The Balaban J connectivity index is 1.97. The summed E-state index contributed by atoms with van der Waals surface area (Å²) < 4.78 is 16.1. The van der Waals surface area contributed by atoms with Gasteiger partial charge in [-0.05, 0) is 56.3 Å². The number of likely N-dealkylation sites (N-methyl/N-ethyl adjacent to an activating group) is 1. The van der Waals surface area contributed by atoms with E-state index in [9.17, 15) is 19.1 Å². The van der Waals surface area contributed by atoms with Gasteiger partial charge < -0.3 is 15.3 Å². The number of carboxylic acid groups (broad SMARTS) is 1. The van der Waals surface area contributed by atoms with Crippen LogP contribution >= 0.6 is 0 Å². The normalized spacial score (nSPS) is 20.1. The third-order valence-electron chi connectivity index (χ3n) is 5.60. The highest BCUT2D eigenvalue weighted by atomic mass is 19.1. The Bertz CT molecular complexity index is 965. The van der Waals surface area contributed by atoms with Crippen molar-refractivity contribution in [3.8, 4) is 0 Å². The van der Waals surface area contributed by atoms with Gasteiger partial charge in [0.15, 0.2) is 5.82 Å². The number of nitrogens with one attached hydrogen (secondary N) is 1. The first-order valence-electron chi connectivity index (χ1n) is 8.96. The second-order valence-electron chi connectivity index (χ2n) is 7.29. The molecule has 0 unspecified atom stereocenters. The molecule has 2 aromatic heterocycles. The molecule has 2 aromatic rings. The quantitative estimate of drug-likeness (QED) is 0.875. The number of rotatable bonds is 4. The molecule has 0 aromatic carbocycles. The SMILES string of the molecule is CN[C@H]1CCN(c2c(F)cn3c(=O)c(C(=O)O)cc(C4CC4)c3c2C)C1. The number of hydrogen-bond donors (Lipinski definition) is 2. The molecule has 0 radical (unpaired) electrons. The summed E-state index contributed by atoms with van der Waals surface area (Å²) in [6.45, 7) is 3.28. The predicted octanol–water partition coefficient (Wildman–Crippen LogP) is 2.12. The summed E-state index contributed by atoms with van der Waals surface area (Å²) in [5.74, 6) is -1.52. The van der Waals surface area contributed by atoms with Gasteiger partial charge >= 0.3 is 5.97 Å². The maximum Gasteiger partial charge on any atom is 0.341 e. The fourth-order valence-corrected chi connectivity index (χ4v) is 4.09. The summed E-state index contributed by atoms with van der Waals surface area (Å²) >= 11 is 0. The number of fused-ring (bicyclic) bond motifs is 1. The Labute approximate surface area is 150 Å². The molecule has 2 aliphatic rings. The van der Waals surface area contributed by atoms with Gasteiger partial charge in [0.05, 0.1) is 17.4 Å². The fraction of sp³-hybridized carbons (Fsp3) is 0.474. The summed E-state index contributed by atoms with van der Waals surface area (Å²) in [6.07, 6.45) is 4.01. The van der Waals surface area contributed by atoms with Crippen molar-refractivity contribution >= 4 is 17.2 Å². The van der Waals surface area contributed by atoms with Gasteiger partial charge in [0.25, 0.3) is 5.56 Å². The molecule has 1 saturated heterocycles. The van der Waals surface area contributed by atoms with Crippen LogP contribution < -0.4 is 15.8 Å². The van der Waals surface area contributed by atoms with E-state index >= 15 is 0 Å². The Kier molecular flexibility index (Phi) is 3.99. The highest BCUT2D eigenvalue weighted by Crippen LogP contribution is 2.44. The molecule has 3 heterocycles. The Morgan fingerprint density at radius 2 is 2.08 bits per heavy atom. The molecule has 2 fully saturated rings. The smallest absolute Gasteiger partial charge is 0.341 e. The second kappa shape index (κ2) is 6.09. The van der Waals surface area contributed by atoms with Crippen molar-refractivity contribution in [3.05, 3.63) is 45.1 Å². The molecule has 1 aliphatic heterocycles. The maximum atomic E-state index is 15.0. The van der Waals surface area contributed by atoms with Gasteiger partial charge in [-0.2, -0.15) is 0 Å². The topological polar surface area (TPSA) is 74.0 Å². The molecule has 4 rings (SSSR count). The molecule has 26 heavy (non-hydrogen) atoms. The second-order valence-corrected chi connectivity index (χ2v) is 7.29. The molecule has 1 atom stereocenters. The molecule has 0 spiro atoms. The number of halogens is 1. The van der Waals surface area contributed by atoms with E-state index in [2.05, 4.69) is 5.32 Å². The van der Waals surface area contributed by atoms with E-state index in [4.69, 9.17) is 0 Å². The Hall–Kier alpha value is -2.41. The zero-order valence-corrected chi connectivity index (χ0v) is 14.9. The van der Waals surface area contributed by atoms with Gasteiger partial charge in [0, 0.05) is 19.1 Å². The molecule has 0 bridgehead atoms. The van der Waals surface area contributed by atoms with E-state index < -0.39 is 17.3 Å². The summed E-state index contributed by atoms with van der Waals surface area (Å²) in [7, 11) is 1.90. The zero-order chi connectivity index (χ0) is 18.6. The minimum absolute atomic E-state index is 0.240. The molecule has 6 nitrogen and oxygen atoms in total. The molecule has 1 aliphatic carbocycles. The van der Waals surface area contributed by atoms with Crippen LogP contribution in [0.4, 0.5) is 10.1 Å². The van der Waals surface area contributed by atoms with E-state index in [1.165, 1.54) is 10.5 Å². The van der Waals surface area contributed by atoms with Crippen LogP contribution in [0.5, 0.6) is 0 Å². The summed E-state index contributed by atoms with van der Waals surface area (Å²) in [6, 6.07) is 1.80. The lowest BCUT2D eigenvalue weighted by Gasteiger charge is -2.24. The van der Waals surface area contributed by atoms with Crippen molar-refractivity contribution in [1.29, 1.82) is 0 Å². The number of hydrogen-bond acceptors (Lipinski definition) is 4. The van der Waals surface area contributed by atoms with E-state index in [0.717, 1.165) is 37.6 Å². The lowest BCUT2D eigenvalue weighted by Crippen LogP contribution is -2.31. The average molecular weight is 359 g/mol. The number of aromatic carboxylic acids is 1. The highest BCUT2D eigenvalue weighted by Gasteiger charge is 2.32. The monoisotopic (exact) mass is 359 g/mol. The minimum Gasteiger partial charge on any atom is -0.477 e. The van der Waals surface area contributed by atoms with Gasteiger partial charge in [-0.3, -0.25) is 9.20 Å². The number of aromatic nitrogens is 1. The maximum absolute atomic E-state index is 15.0. The highest BCUT2D eigenvalue weighted by molar-refractivity contribution is 5.89. The first-order chi connectivity index (χ1) is 12.4. The van der Waals surface area contributed by atoms with Crippen LogP contribution in [-0.4, -0.2) is 41.7 Å². The lowest BCUT2D eigenvalue weighted by molar-refractivity contribution is 0.0694. The predicted molar refractivity (Wildman–Crippen MR) is 97.0 cm³/mol. The zero-order valence-electron chi connectivity index (χ0n) is 14.9. The van der Waals surface area contributed by atoms with E-state index in [1.807, 2.05) is 18.9 Å². The molecule has 2 N–H and O–H groups in total. The Morgan fingerprint density at radius 3 is 2.65 bits per heavy atom. The number of nitrogens with zero attached hydrogens (tertiary/aromatic N) is 2. The number of anilines is 1. The molecular weight excluding hydrogens is 337 g/mol. The van der Waals surface area contributed by atoms with Crippen LogP contribution in [0.15, 0.2) is 17.1 Å². The molecule has 138 valence electrons. The van der Waals surface area contributed by atoms with Crippen LogP contribution in [0.3, 0.4) is 0 Å². The van der Waals surface area contributed by atoms with Crippen LogP contribution in [0.25, 0.3) is 5.52 Å². The molecule has 0 amide bonds. The number of carboxylic acids is 1. The summed E-state index contributed by atoms with van der Waals surface area (Å²) in [5, 5.41) is 12.6. The van der Waals surface area contributed by atoms with Crippen molar-refractivity contribution in [3.63, 3.8) is 0 Å². The van der Waals surface area contributed by atoms with Gasteiger partial charge in [0.2, 0.25) is 0 Å². The van der Waals surface area contributed by atoms with Gasteiger partial charge in [-0.1, -0.05) is 0 Å². The Morgan fingerprint density at radius 1 is 1.35 bits per heavy atom. The van der Waals surface area contributed by atoms with Crippen LogP contribution in [0.2, 0.25) is 0 Å². The summed E-state index contributed by atoms with van der Waals surface area (Å²) in [5.41, 5.74) is 1.74. The standard InChI is InChI=1S/C19H22FN3O3/c1-10-16-13(11-3-4-11)7-14(19(25)26)18(24)23(16)9-15(20)17(10)22-6-5-12(8-22)21-2/h7,9,11-12,21H,3-6,8H2,1-2H3,(H,25,26)/t12-/m0/s1. The molecule has 1 saturated carbocycles. The van der Waals surface area contributed by atoms with Crippen molar-refractivity contribution in [2.75, 3.05) is 25.0 Å². The molecular formula is C19H22FN3O3. The van der Waals surface area contributed by atoms with E-state index in [1.54, 1.807) is 0 Å². The van der Waals surface area contributed by atoms with Crippen LogP contribution in [-0.2, 0) is 0 Å². The van der Waals surface area contributed by atoms with Crippen LogP contribution in [0.1, 0.15) is 46.7 Å². The van der Waals surface area contributed by atoms with Crippen molar-refractivity contribution in [2.24, 2.45) is 0 Å². The largest absolute Gasteiger partial charge is 0.477 e.